The number of ether oxygens (including phenoxy) is 2. The largest absolute Gasteiger partial charge is 0.497 e. The van der Waals surface area contributed by atoms with Crippen molar-refractivity contribution < 1.29 is 14.3 Å². The molecule has 0 spiro atoms. The molecule has 0 aromatic heterocycles. The molecule has 1 aromatic carbocycles. The molecule has 4 heteroatoms. The summed E-state index contributed by atoms with van der Waals surface area (Å²) in [5, 5.41) is 0. The van der Waals surface area contributed by atoms with Crippen molar-refractivity contribution in [2.75, 3.05) is 7.11 Å². The number of rotatable bonds is 3. The Kier molecular flexibility index (Phi) is 3.78. The van der Waals surface area contributed by atoms with E-state index in [4.69, 9.17) is 15.2 Å². The Morgan fingerprint density at radius 2 is 2.00 bits per heavy atom. The van der Waals surface area contributed by atoms with Crippen molar-refractivity contribution in [3.63, 3.8) is 0 Å². The van der Waals surface area contributed by atoms with E-state index in [2.05, 4.69) is 0 Å². The van der Waals surface area contributed by atoms with Crippen LogP contribution >= 0.6 is 0 Å². The second-order valence-corrected chi connectivity index (χ2v) is 6.48. The van der Waals surface area contributed by atoms with E-state index < -0.39 is 11.0 Å². The molecule has 0 amide bonds. The van der Waals surface area contributed by atoms with Crippen molar-refractivity contribution in [2.24, 2.45) is 5.73 Å². The maximum atomic E-state index is 12.6. The van der Waals surface area contributed by atoms with E-state index in [0.717, 1.165) is 11.3 Å². The molecule has 1 aliphatic rings. The number of esters is 1. The molecular formula is C16H23NO3. The van der Waals surface area contributed by atoms with Crippen LogP contribution in [0.5, 0.6) is 5.75 Å². The summed E-state index contributed by atoms with van der Waals surface area (Å²) in [4.78, 5) is 12.6. The minimum Gasteiger partial charge on any atom is -0.497 e. The lowest BCUT2D eigenvalue weighted by Crippen LogP contribution is -2.55. The van der Waals surface area contributed by atoms with Crippen LogP contribution in [0.25, 0.3) is 0 Å². The molecule has 0 aliphatic heterocycles. The summed E-state index contributed by atoms with van der Waals surface area (Å²) in [6.45, 7) is 5.63. The van der Waals surface area contributed by atoms with E-state index in [-0.39, 0.29) is 12.0 Å². The minimum absolute atomic E-state index is 0.0497. The first kappa shape index (κ1) is 14.9. The van der Waals surface area contributed by atoms with Gasteiger partial charge in [0.2, 0.25) is 0 Å². The fraction of sp³-hybridized carbons (Fsp3) is 0.562. The molecule has 1 fully saturated rings. The molecular weight excluding hydrogens is 254 g/mol. The van der Waals surface area contributed by atoms with E-state index in [9.17, 15) is 4.79 Å². The topological polar surface area (TPSA) is 61.5 Å². The number of hydrogen-bond acceptors (Lipinski definition) is 4. The Labute approximate surface area is 120 Å². The molecule has 0 radical (unpaired) electrons. The van der Waals surface area contributed by atoms with Crippen LogP contribution < -0.4 is 10.5 Å². The van der Waals surface area contributed by atoms with Crippen LogP contribution in [0, 0.1) is 0 Å². The molecule has 4 nitrogen and oxygen atoms in total. The highest BCUT2D eigenvalue weighted by atomic mass is 16.6. The zero-order valence-corrected chi connectivity index (χ0v) is 12.6. The predicted molar refractivity (Wildman–Crippen MR) is 77.7 cm³/mol. The third-order valence-corrected chi connectivity index (χ3v) is 3.63. The lowest BCUT2D eigenvalue weighted by atomic mass is 9.61. The Bertz CT molecular complexity index is 499. The Morgan fingerprint density at radius 3 is 2.50 bits per heavy atom. The maximum absolute atomic E-state index is 12.6. The van der Waals surface area contributed by atoms with E-state index in [1.807, 2.05) is 45.0 Å². The summed E-state index contributed by atoms with van der Waals surface area (Å²) >= 11 is 0. The number of benzene rings is 1. The number of carbonyl (C=O) groups is 1. The summed E-state index contributed by atoms with van der Waals surface area (Å²) < 4.78 is 10.8. The van der Waals surface area contributed by atoms with Gasteiger partial charge in [-0.05, 0) is 51.3 Å². The van der Waals surface area contributed by atoms with Crippen LogP contribution in [-0.2, 0) is 14.9 Å². The first-order valence-corrected chi connectivity index (χ1v) is 6.90. The third-order valence-electron chi connectivity index (χ3n) is 3.63. The van der Waals surface area contributed by atoms with Gasteiger partial charge in [0.25, 0.3) is 0 Å². The van der Waals surface area contributed by atoms with E-state index in [0.29, 0.717) is 12.8 Å². The highest BCUT2D eigenvalue weighted by molar-refractivity contribution is 5.85. The van der Waals surface area contributed by atoms with Gasteiger partial charge in [0.05, 0.1) is 12.5 Å². The smallest absolute Gasteiger partial charge is 0.317 e. The molecule has 2 N–H and O–H groups in total. The average molecular weight is 277 g/mol. The molecule has 0 atom stereocenters. The van der Waals surface area contributed by atoms with Crippen molar-refractivity contribution in [3.05, 3.63) is 29.8 Å². The second kappa shape index (κ2) is 5.09. The predicted octanol–water partition coefficient (Wildman–Crippen LogP) is 2.40. The number of nitrogens with two attached hydrogens (primary N) is 1. The molecule has 0 saturated heterocycles. The molecule has 20 heavy (non-hydrogen) atoms. The summed E-state index contributed by atoms with van der Waals surface area (Å²) in [6, 6.07) is 7.65. The molecule has 0 unspecified atom stereocenters. The molecule has 1 saturated carbocycles. The fourth-order valence-electron chi connectivity index (χ4n) is 2.65. The van der Waals surface area contributed by atoms with Crippen molar-refractivity contribution in [3.8, 4) is 5.75 Å². The monoisotopic (exact) mass is 277 g/mol. The zero-order valence-electron chi connectivity index (χ0n) is 12.6. The Hall–Kier alpha value is -1.55. The van der Waals surface area contributed by atoms with Crippen LogP contribution in [0.1, 0.15) is 39.2 Å². The lowest BCUT2D eigenvalue weighted by molar-refractivity contribution is -0.166. The number of carbonyl (C=O) groups excluding carboxylic acids is 1. The van der Waals surface area contributed by atoms with Crippen LogP contribution in [-0.4, -0.2) is 24.7 Å². The van der Waals surface area contributed by atoms with Crippen molar-refractivity contribution >= 4 is 5.97 Å². The van der Waals surface area contributed by atoms with E-state index in [1.54, 1.807) is 7.11 Å². The Balaban J connectivity index is 2.32. The van der Waals surface area contributed by atoms with Crippen molar-refractivity contribution in [2.45, 2.75) is 50.7 Å². The van der Waals surface area contributed by atoms with Crippen LogP contribution in [0.3, 0.4) is 0 Å². The Morgan fingerprint density at radius 1 is 1.35 bits per heavy atom. The maximum Gasteiger partial charge on any atom is 0.317 e. The second-order valence-electron chi connectivity index (χ2n) is 6.48. The standard InChI is InChI=1S/C16H23NO3/c1-15(2,3)20-14(18)16(9-12(17)10-16)11-6-5-7-13(8-11)19-4/h5-8,12H,9-10,17H2,1-4H3. The third kappa shape index (κ3) is 2.80. The number of methoxy groups -OCH3 is 1. The van der Waals surface area contributed by atoms with Crippen LogP contribution in [0.2, 0.25) is 0 Å². The lowest BCUT2D eigenvalue weighted by Gasteiger charge is -2.45. The van der Waals surface area contributed by atoms with Gasteiger partial charge in [-0.25, -0.2) is 0 Å². The highest BCUT2D eigenvalue weighted by Gasteiger charge is 2.52. The zero-order chi connectivity index (χ0) is 15.0. The number of hydrogen-bond donors (Lipinski definition) is 1. The molecule has 0 heterocycles. The quantitative estimate of drug-likeness (QED) is 0.862. The molecule has 2 rings (SSSR count). The van der Waals surface area contributed by atoms with Crippen LogP contribution in [0.15, 0.2) is 24.3 Å². The van der Waals surface area contributed by atoms with Gasteiger partial charge in [-0.2, -0.15) is 0 Å². The SMILES string of the molecule is COc1cccc(C2(C(=O)OC(C)(C)C)CC(N)C2)c1. The van der Waals surface area contributed by atoms with Crippen molar-refractivity contribution in [1.29, 1.82) is 0 Å². The van der Waals surface area contributed by atoms with Gasteiger partial charge in [0, 0.05) is 6.04 Å². The normalized spacial score (nSPS) is 25.8. The van der Waals surface area contributed by atoms with Gasteiger partial charge in [0.15, 0.2) is 0 Å². The van der Waals surface area contributed by atoms with E-state index in [1.165, 1.54) is 0 Å². The molecule has 110 valence electrons. The van der Waals surface area contributed by atoms with Crippen molar-refractivity contribution in [1.82, 2.24) is 0 Å². The van der Waals surface area contributed by atoms with Gasteiger partial charge in [-0.1, -0.05) is 12.1 Å². The first-order chi connectivity index (χ1) is 9.27. The average Bonchev–Trinajstić information content (AvgIpc) is 2.32. The fourth-order valence-corrected chi connectivity index (χ4v) is 2.65. The van der Waals surface area contributed by atoms with Gasteiger partial charge in [0.1, 0.15) is 11.4 Å². The summed E-state index contributed by atoms with van der Waals surface area (Å²) in [7, 11) is 1.62. The molecule has 0 bridgehead atoms. The highest BCUT2D eigenvalue weighted by Crippen LogP contribution is 2.45. The van der Waals surface area contributed by atoms with Gasteiger partial charge in [-0.15, -0.1) is 0 Å². The first-order valence-electron chi connectivity index (χ1n) is 6.90. The summed E-state index contributed by atoms with van der Waals surface area (Å²) in [5.41, 5.74) is 5.73. The van der Waals surface area contributed by atoms with E-state index >= 15 is 0 Å². The molecule has 1 aromatic rings. The van der Waals surface area contributed by atoms with Crippen LogP contribution in [0.4, 0.5) is 0 Å². The van der Waals surface area contributed by atoms with Gasteiger partial charge in [-0.3, -0.25) is 4.79 Å². The van der Waals surface area contributed by atoms with Gasteiger partial charge >= 0.3 is 5.97 Å². The van der Waals surface area contributed by atoms with Gasteiger partial charge < -0.3 is 15.2 Å². The summed E-state index contributed by atoms with van der Waals surface area (Å²) in [5.74, 6) is 0.547. The summed E-state index contributed by atoms with van der Waals surface area (Å²) in [6.07, 6.45) is 1.24. The minimum atomic E-state index is -0.624. The molecule has 1 aliphatic carbocycles.